The molecule has 1 aliphatic rings. The van der Waals surface area contributed by atoms with Crippen LogP contribution in [0.4, 0.5) is 9.18 Å². The third-order valence-electron chi connectivity index (χ3n) is 3.48. The third kappa shape index (κ3) is 3.86. The van der Waals surface area contributed by atoms with Gasteiger partial charge in [0.25, 0.3) is 0 Å². The van der Waals surface area contributed by atoms with Crippen molar-refractivity contribution in [3.63, 3.8) is 0 Å². The molecule has 1 aromatic carbocycles. The number of aromatic hydroxyl groups is 1. The molecule has 1 saturated heterocycles. The van der Waals surface area contributed by atoms with Crippen molar-refractivity contribution in [2.45, 2.75) is 44.9 Å². The second-order valence-electron chi connectivity index (χ2n) is 6.52. The lowest BCUT2D eigenvalue weighted by Crippen LogP contribution is -2.48. The Bertz CT molecular complexity index is 509. The zero-order valence-electron chi connectivity index (χ0n) is 12.7. The number of carbonyl (C=O) groups is 1. The van der Waals surface area contributed by atoms with E-state index in [1.165, 1.54) is 17.0 Å². The number of nitrogens with zero attached hydrogens (tertiary/aromatic N) is 1. The van der Waals surface area contributed by atoms with E-state index < -0.39 is 17.4 Å². The molecule has 0 bridgehead atoms. The SMILES string of the molecule is CC(C)(C)OC(=O)N1CCCC(F)(c2ccc(O)cc2)C1. The van der Waals surface area contributed by atoms with Crippen LogP contribution in [-0.4, -0.2) is 34.8 Å². The molecule has 0 radical (unpaired) electrons. The average Bonchev–Trinajstić information content (AvgIpc) is 2.37. The average molecular weight is 295 g/mol. The van der Waals surface area contributed by atoms with E-state index in [0.29, 0.717) is 24.9 Å². The normalized spacial score (nSPS) is 23.0. The number of ether oxygens (including phenoxy) is 1. The lowest BCUT2D eigenvalue weighted by molar-refractivity contribution is -0.00666. The predicted octanol–water partition coefficient (Wildman–Crippen LogP) is 3.59. The number of alkyl halides is 1. The number of piperidine rings is 1. The monoisotopic (exact) mass is 295 g/mol. The van der Waals surface area contributed by atoms with E-state index >= 15 is 4.39 Å². The molecule has 0 spiro atoms. The zero-order chi connectivity index (χ0) is 15.7. The second-order valence-corrected chi connectivity index (χ2v) is 6.52. The van der Waals surface area contributed by atoms with Gasteiger partial charge < -0.3 is 14.7 Å². The van der Waals surface area contributed by atoms with Crippen LogP contribution in [0.5, 0.6) is 5.75 Å². The zero-order valence-corrected chi connectivity index (χ0v) is 12.7. The van der Waals surface area contributed by atoms with Crippen LogP contribution in [-0.2, 0) is 10.4 Å². The maximum atomic E-state index is 15.1. The first-order valence-corrected chi connectivity index (χ1v) is 7.16. The lowest BCUT2D eigenvalue weighted by atomic mass is 9.87. The highest BCUT2D eigenvalue weighted by molar-refractivity contribution is 5.68. The van der Waals surface area contributed by atoms with Gasteiger partial charge in [-0.1, -0.05) is 12.1 Å². The summed E-state index contributed by atoms with van der Waals surface area (Å²) in [5.74, 6) is 0.0992. The Balaban J connectivity index is 2.12. The summed E-state index contributed by atoms with van der Waals surface area (Å²) in [7, 11) is 0. The number of likely N-dealkylation sites (tertiary alicyclic amines) is 1. The minimum atomic E-state index is -1.59. The summed E-state index contributed by atoms with van der Waals surface area (Å²) >= 11 is 0. The number of carbonyl (C=O) groups excluding carboxylic acids is 1. The van der Waals surface area contributed by atoms with E-state index in [1.807, 2.05) is 0 Å². The quantitative estimate of drug-likeness (QED) is 0.861. The number of benzene rings is 1. The second kappa shape index (κ2) is 5.54. The first kappa shape index (κ1) is 15.6. The number of hydrogen-bond donors (Lipinski definition) is 1. The molecule has 2 rings (SSSR count). The molecule has 1 amide bonds. The number of hydrogen-bond acceptors (Lipinski definition) is 3. The first-order valence-electron chi connectivity index (χ1n) is 7.16. The molecule has 1 fully saturated rings. The van der Waals surface area contributed by atoms with Crippen LogP contribution in [0.25, 0.3) is 0 Å². The van der Waals surface area contributed by atoms with Gasteiger partial charge in [0.05, 0.1) is 6.54 Å². The minimum Gasteiger partial charge on any atom is -0.508 e. The van der Waals surface area contributed by atoms with Crippen LogP contribution >= 0.6 is 0 Å². The van der Waals surface area contributed by atoms with Crippen LogP contribution in [0.2, 0.25) is 0 Å². The summed E-state index contributed by atoms with van der Waals surface area (Å²) < 4.78 is 20.5. The van der Waals surface area contributed by atoms with Gasteiger partial charge in [0.2, 0.25) is 0 Å². The van der Waals surface area contributed by atoms with Crippen molar-refractivity contribution in [2.24, 2.45) is 0 Å². The van der Waals surface area contributed by atoms with Gasteiger partial charge in [-0.25, -0.2) is 9.18 Å². The summed E-state index contributed by atoms with van der Waals surface area (Å²) in [4.78, 5) is 13.5. The Morgan fingerprint density at radius 2 is 1.95 bits per heavy atom. The van der Waals surface area contributed by atoms with Crippen LogP contribution < -0.4 is 0 Å². The van der Waals surface area contributed by atoms with Crippen molar-refractivity contribution in [3.8, 4) is 5.75 Å². The number of phenolic OH excluding ortho intramolecular Hbond substituents is 1. The molecule has 116 valence electrons. The molecule has 1 atom stereocenters. The maximum Gasteiger partial charge on any atom is 0.410 e. The predicted molar refractivity (Wildman–Crippen MR) is 77.9 cm³/mol. The van der Waals surface area contributed by atoms with Crippen molar-refractivity contribution >= 4 is 6.09 Å². The van der Waals surface area contributed by atoms with Gasteiger partial charge in [-0.05, 0) is 51.3 Å². The number of rotatable bonds is 1. The molecule has 1 N–H and O–H groups in total. The molecule has 5 heteroatoms. The van der Waals surface area contributed by atoms with Crippen LogP contribution in [0.3, 0.4) is 0 Å². The summed E-state index contributed by atoms with van der Waals surface area (Å²) in [6.07, 6.45) is 0.455. The Morgan fingerprint density at radius 1 is 1.33 bits per heavy atom. The summed E-state index contributed by atoms with van der Waals surface area (Å²) in [6, 6.07) is 6.05. The Labute approximate surface area is 124 Å². The molecule has 1 unspecified atom stereocenters. The molecular weight excluding hydrogens is 273 g/mol. The van der Waals surface area contributed by atoms with Crippen molar-refractivity contribution in [1.82, 2.24) is 4.90 Å². The standard InChI is InChI=1S/C16H22FNO3/c1-15(2,3)21-14(20)18-10-4-9-16(17,11-18)12-5-7-13(19)8-6-12/h5-8,19H,4,9-11H2,1-3H3. The third-order valence-corrected chi connectivity index (χ3v) is 3.48. The van der Waals surface area contributed by atoms with E-state index in [9.17, 15) is 9.90 Å². The highest BCUT2D eigenvalue weighted by Crippen LogP contribution is 2.36. The molecule has 0 saturated carbocycles. The molecule has 1 aromatic rings. The van der Waals surface area contributed by atoms with Gasteiger partial charge in [0.1, 0.15) is 11.4 Å². The van der Waals surface area contributed by atoms with Crippen LogP contribution in [0.15, 0.2) is 24.3 Å². The maximum absolute atomic E-state index is 15.1. The number of halogens is 1. The van der Waals surface area contributed by atoms with E-state index in [4.69, 9.17) is 4.74 Å². The van der Waals surface area contributed by atoms with Gasteiger partial charge in [0, 0.05) is 6.54 Å². The molecular formula is C16H22FNO3. The summed E-state index contributed by atoms with van der Waals surface area (Å²) in [5, 5.41) is 9.30. The van der Waals surface area contributed by atoms with Crippen LogP contribution in [0.1, 0.15) is 39.2 Å². The fourth-order valence-corrected chi connectivity index (χ4v) is 2.49. The summed E-state index contributed by atoms with van der Waals surface area (Å²) in [6.45, 7) is 5.85. The van der Waals surface area contributed by atoms with Gasteiger partial charge in [-0.3, -0.25) is 0 Å². The molecule has 1 heterocycles. The van der Waals surface area contributed by atoms with E-state index in [0.717, 1.165) is 0 Å². The highest BCUT2D eigenvalue weighted by atomic mass is 19.1. The Kier molecular flexibility index (Phi) is 4.12. The molecule has 0 aromatic heterocycles. The molecule has 4 nitrogen and oxygen atoms in total. The van der Waals surface area contributed by atoms with Gasteiger partial charge >= 0.3 is 6.09 Å². The topological polar surface area (TPSA) is 49.8 Å². The van der Waals surface area contributed by atoms with Crippen molar-refractivity contribution in [1.29, 1.82) is 0 Å². The van der Waals surface area contributed by atoms with E-state index in [-0.39, 0.29) is 12.3 Å². The van der Waals surface area contributed by atoms with Crippen molar-refractivity contribution < 1.29 is 19.0 Å². The smallest absolute Gasteiger partial charge is 0.410 e. The van der Waals surface area contributed by atoms with Gasteiger partial charge in [-0.2, -0.15) is 0 Å². The minimum absolute atomic E-state index is 0.0211. The van der Waals surface area contributed by atoms with Crippen LogP contribution in [0, 0.1) is 0 Å². The highest BCUT2D eigenvalue weighted by Gasteiger charge is 2.40. The van der Waals surface area contributed by atoms with E-state index in [1.54, 1.807) is 32.9 Å². The number of phenols is 1. The molecule has 0 aliphatic carbocycles. The van der Waals surface area contributed by atoms with Gasteiger partial charge in [0.15, 0.2) is 5.67 Å². The fourth-order valence-electron chi connectivity index (χ4n) is 2.49. The Morgan fingerprint density at radius 3 is 2.52 bits per heavy atom. The largest absolute Gasteiger partial charge is 0.508 e. The molecule has 21 heavy (non-hydrogen) atoms. The molecule has 1 aliphatic heterocycles. The summed E-state index contributed by atoms with van der Waals surface area (Å²) in [5.41, 5.74) is -1.71. The van der Waals surface area contributed by atoms with Gasteiger partial charge in [-0.15, -0.1) is 0 Å². The van der Waals surface area contributed by atoms with Crippen molar-refractivity contribution in [2.75, 3.05) is 13.1 Å². The first-order chi connectivity index (χ1) is 9.70. The fraction of sp³-hybridized carbons (Fsp3) is 0.562. The lowest BCUT2D eigenvalue weighted by Gasteiger charge is -2.38. The Hall–Kier alpha value is -1.78. The number of amides is 1. The van der Waals surface area contributed by atoms with E-state index in [2.05, 4.69) is 0 Å². The van der Waals surface area contributed by atoms with Crippen molar-refractivity contribution in [3.05, 3.63) is 29.8 Å².